The minimum absolute atomic E-state index is 0.174. The zero-order valence-electron chi connectivity index (χ0n) is 9.18. The van der Waals surface area contributed by atoms with Crippen molar-refractivity contribution in [3.63, 3.8) is 0 Å². The van der Waals surface area contributed by atoms with Crippen LogP contribution in [-0.4, -0.2) is 0 Å². The predicted molar refractivity (Wildman–Crippen MR) is 67.8 cm³/mol. The smallest absolute Gasteiger partial charge is 0.149 e. The molecular formula is C13H9BrF3N. The van der Waals surface area contributed by atoms with Crippen LogP contribution >= 0.6 is 15.9 Å². The fourth-order valence-corrected chi connectivity index (χ4v) is 1.91. The highest BCUT2D eigenvalue weighted by Crippen LogP contribution is 2.22. The first-order valence-electron chi connectivity index (χ1n) is 5.20. The molecule has 0 saturated carbocycles. The predicted octanol–water partition coefficient (Wildman–Crippen LogP) is 4.48. The second-order valence-electron chi connectivity index (χ2n) is 3.69. The summed E-state index contributed by atoms with van der Waals surface area (Å²) in [6.45, 7) is 0.237. The van der Waals surface area contributed by atoms with Gasteiger partial charge in [0, 0.05) is 12.6 Å². The molecule has 0 fully saturated rings. The Hall–Kier alpha value is -1.49. The van der Waals surface area contributed by atoms with Gasteiger partial charge in [-0.05, 0) is 39.7 Å². The van der Waals surface area contributed by atoms with Crippen molar-refractivity contribution in [3.05, 3.63) is 63.9 Å². The van der Waals surface area contributed by atoms with Crippen molar-refractivity contribution in [2.75, 3.05) is 5.32 Å². The maximum Gasteiger partial charge on any atom is 0.149 e. The Morgan fingerprint density at radius 3 is 2.50 bits per heavy atom. The lowest BCUT2D eigenvalue weighted by Crippen LogP contribution is -2.03. The lowest BCUT2D eigenvalue weighted by atomic mass is 10.2. The minimum Gasteiger partial charge on any atom is -0.379 e. The first-order valence-corrected chi connectivity index (χ1v) is 5.99. The van der Waals surface area contributed by atoms with Crippen LogP contribution in [0.4, 0.5) is 18.9 Å². The van der Waals surface area contributed by atoms with Crippen LogP contribution in [0.3, 0.4) is 0 Å². The molecule has 2 aromatic carbocycles. The summed E-state index contributed by atoms with van der Waals surface area (Å²) in [6.07, 6.45) is 0. The van der Waals surface area contributed by atoms with E-state index in [0.717, 1.165) is 12.1 Å². The van der Waals surface area contributed by atoms with Crippen molar-refractivity contribution in [3.8, 4) is 0 Å². The Balaban J connectivity index is 2.14. The van der Waals surface area contributed by atoms with Crippen LogP contribution in [0.15, 0.2) is 40.9 Å². The molecule has 0 spiro atoms. The Morgan fingerprint density at radius 2 is 1.78 bits per heavy atom. The van der Waals surface area contributed by atoms with E-state index in [-0.39, 0.29) is 18.0 Å². The molecule has 1 nitrogen and oxygen atoms in total. The summed E-state index contributed by atoms with van der Waals surface area (Å²) < 4.78 is 39.6. The first-order chi connectivity index (χ1) is 8.58. The fourth-order valence-electron chi connectivity index (χ4n) is 1.51. The van der Waals surface area contributed by atoms with Gasteiger partial charge in [0.25, 0.3) is 0 Å². The average Bonchev–Trinajstić information content (AvgIpc) is 2.33. The normalized spacial score (nSPS) is 10.4. The van der Waals surface area contributed by atoms with Crippen LogP contribution < -0.4 is 5.32 Å². The van der Waals surface area contributed by atoms with Gasteiger partial charge in [-0.25, -0.2) is 13.2 Å². The fraction of sp³-hybridized carbons (Fsp3) is 0.0769. The standard InChI is InChI=1S/C13H9BrF3N/c14-13-8(2-1-3-10(13)16)7-18-12-5-4-9(15)6-11(12)17/h1-6,18H,7H2. The molecule has 0 unspecified atom stereocenters. The maximum atomic E-state index is 13.3. The van der Waals surface area contributed by atoms with Crippen LogP contribution in [0.2, 0.25) is 0 Å². The van der Waals surface area contributed by atoms with Gasteiger partial charge in [0.15, 0.2) is 0 Å². The molecule has 18 heavy (non-hydrogen) atoms. The lowest BCUT2D eigenvalue weighted by Gasteiger charge is -2.09. The summed E-state index contributed by atoms with van der Waals surface area (Å²) in [6, 6.07) is 7.86. The third-order valence-corrected chi connectivity index (χ3v) is 3.32. The third kappa shape index (κ3) is 2.85. The topological polar surface area (TPSA) is 12.0 Å². The van der Waals surface area contributed by atoms with E-state index in [4.69, 9.17) is 0 Å². The van der Waals surface area contributed by atoms with Crippen molar-refractivity contribution < 1.29 is 13.2 Å². The molecule has 5 heteroatoms. The highest BCUT2D eigenvalue weighted by molar-refractivity contribution is 9.10. The lowest BCUT2D eigenvalue weighted by molar-refractivity contribution is 0.585. The minimum atomic E-state index is -0.678. The van der Waals surface area contributed by atoms with Gasteiger partial charge in [-0.1, -0.05) is 12.1 Å². The molecule has 2 rings (SSSR count). The molecule has 0 aliphatic carbocycles. The first kappa shape index (κ1) is 13.0. The molecule has 0 bridgehead atoms. The largest absolute Gasteiger partial charge is 0.379 e. The van der Waals surface area contributed by atoms with Crippen LogP contribution in [0.1, 0.15) is 5.56 Å². The summed E-state index contributed by atoms with van der Waals surface area (Å²) >= 11 is 3.12. The number of hydrogen-bond donors (Lipinski definition) is 1. The van der Waals surface area contributed by atoms with Crippen LogP contribution in [0.5, 0.6) is 0 Å². The third-order valence-electron chi connectivity index (χ3n) is 2.43. The monoisotopic (exact) mass is 315 g/mol. The molecule has 0 radical (unpaired) electrons. The average molecular weight is 316 g/mol. The molecule has 0 amide bonds. The molecule has 0 aliphatic rings. The molecule has 94 valence electrons. The summed E-state index contributed by atoms with van der Waals surface area (Å²) in [5, 5.41) is 2.79. The zero-order valence-corrected chi connectivity index (χ0v) is 10.8. The summed E-state index contributed by atoms with van der Waals surface area (Å²) in [5.74, 6) is -1.69. The van der Waals surface area contributed by atoms with Gasteiger partial charge in [0.2, 0.25) is 0 Å². The van der Waals surface area contributed by atoms with E-state index in [1.165, 1.54) is 12.1 Å². The van der Waals surface area contributed by atoms with Crippen LogP contribution in [0.25, 0.3) is 0 Å². The van der Waals surface area contributed by atoms with Crippen molar-refractivity contribution in [2.24, 2.45) is 0 Å². The van der Waals surface area contributed by atoms with E-state index in [2.05, 4.69) is 21.2 Å². The van der Waals surface area contributed by atoms with E-state index in [0.29, 0.717) is 10.0 Å². The van der Waals surface area contributed by atoms with E-state index < -0.39 is 11.6 Å². The van der Waals surface area contributed by atoms with Gasteiger partial charge in [-0.3, -0.25) is 0 Å². The molecule has 0 saturated heterocycles. The van der Waals surface area contributed by atoms with E-state index in [1.54, 1.807) is 12.1 Å². The van der Waals surface area contributed by atoms with Crippen molar-refractivity contribution in [1.82, 2.24) is 0 Å². The number of benzene rings is 2. The summed E-state index contributed by atoms with van der Waals surface area (Å²) in [4.78, 5) is 0. The molecule has 0 aromatic heterocycles. The number of anilines is 1. The quantitative estimate of drug-likeness (QED) is 0.880. The molecular weight excluding hydrogens is 307 g/mol. The zero-order chi connectivity index (χ0) is 13.1. The maximum absolute atomic E-state index is 13.3. The summed E-state index contributed by atoms with van der Waals surface area (Å²) in [5.41, 5.74) is 0.825. The highest BCUT2D eigenvalue weighted by atomic mass is 79.9. The van der Waals surface area contributed by atoms with Crippen LogP contribution in [0, 0.1) is 17.5 Å². The Bertz CT molecular complexity index is 572. The van der Waals surface area contributed by atoms with Crippen molar-refractivity contribution in [2.45, 2.75) is 6.54 Å². The summed E-state index contributed by atoms with van der Waals surface area (Å²) in [7, 11) is 0. The number of nitrogens with one attached hydrogen (secondary N) is 1. The molecule has 2 aromatic rings. The highest BCUT2D eigenvalue weighted by Gasteiger charge is 2.07. The van der Waals surface area contributed by atoms with Gasteiger partial charge < -0.3 is 5.32 Å². The second kappa shape index (κ2) is 5.44. The van der Waals surface area contributed by atoms with E-state index in [9.17, 15) is 13.2 Å². The van der Waals surface area contributed by atoms with Crippen molar-refractivity contribution in [1.29, 1.82) is 0 Å². The van der Waals surface area contributed by atoms with E-state index >= 15 is 0 Å². The Kier molecular flexibility index (Phi) is 3.91. The number of halogens is 4. The van der Waals surface area contributed by atoms with Gasteiger partial charge in [0.05, 0.1) is 10.2 Å². The molecule has 0 aliphatic heterocycles. The van der Waals surface area contributed by atoms with E-state index in [1.807, 2.05) is 0 Å². The van der Waals surface area contributed by atoms with Gasteiger partial charge in [0.1, 0.15) is 17.5 Å². The Morgan fingerprint density at radius 1 is 1.00 bits per heavy atom. The molecule has 0 atom stereocenters. The second-order valence-corrected chi connectivity index (χ2v) is 4.48. The van der Waals surface area contributed by atoms with Crippen LogP contribution in [-0.2, 0) is 6.54 Å². The number of hydrogen-bond acceptors (Lipinski definition) is 1. The van der Waals surface area contributed by atoms with Gasteiger partial charge >= 0.3 is 0 Å². The van der Waals surface area contributed by atoms with Gasteiger partial charge in [-0.2, -0.15) is 0 Å². The van der Waals surface area contributed by atoms with Crippen molar-refractivity contribution >= 4 is 21.6 Å². The molecule has 1 N–H and O–H groups in total. The Labute approximate surface area is 111 Å². The SMILES string of the molecule is Fc1ccc(NCc2cccc(F)c2Br)c(F)c1. The molecule has 0 heterocycles. The number of rotatable bonds is 3. The van der Waals surface area contributed by atoms with Gasteiger partial charge in [-0.15, -0.1) is 0 Å².